The van der Waals surface area contributed by atoms with Crippen LogP contribution in [0.1, 0.15) is 38.6 Å². The van der Waals surface area contributed by atoms with Crippen LogP contribution in [0, 0.1) is 0 Å². The number of H-pyrrole nitrogens is 1. The van der Waals surface area contributed by atoms with Crippen LogP contribution in [0.4, 0.5) is 23.1 Å². The summed E-state index contributed by atoms with van der Waals surface area (Å²) >= 11 is 12.0. The van der Waals surface area contributed by atoms with Crippen molar-refractivity contribution in [3.8, 4) is 0 Å². The fourth-order valence-corrected chi connectivity index (χ4v) is 4.34. The van der Waals surface area contributed by atoms with E-state index in [1.807, 2.05) is 0 Å². The summed E-state index contributed by atoms with van der Waals surface area (Å²) in [6.45, 7) is 0. The number of aromatic nitrogens is 2. The molecule has 3 aromatic rings. The molecule has 38 heavy (non-hydrogen) atoms. The number of hydrogen-bond acceptors (Lipinski definition) is 9. The normalized spacial score (nSPS) is 14.1. The van der Waals surface area contributed by atoms with Gasteiger partial charge in [0.2, 0.25) is 17.8 Å². The summed E-state index contributed by atoms with van der Waals surface area (Å²) in [5.74, 6) is -4.17. The van der Waals surface area contributed by atoms with E-state index in [1.54, 1.807) is 12.1 Å². The molecule has 4 rings (SSSR count). The predicted octanol–water partition coefficient (Wildman–Crippen LogP) is 3.46. The minimum atomic E-state index is -1.23. The molecule has 1 aliphatic heterocycles. The van der Waals surface area contributed by atoms with Crippen LogP contribution >= 0.6 is 23.2 Å². The molecular weight excluding hydrogens is 541 g/mol. The van der Waals surface area contributed by atoms with Crippen molar-refractivity contribution in [3.05, 3.63) is 73.5 Å². The van der Waals surface area contributed by atoms with Crippen LogP contribution < -0.4 is 21.5 Å². The Kier molecular flexibility index (Phi) is 7.65. The number of methoxy groups -OCH3 is 2. The van der Waals surface area contributed by atoms with Gasteiger partial charge in [0.25, 0.3) is 5.56 Å². The molecule has 0 radical (unpaired) electrons. The van der Waals surface area contributed by atoms with Crippen molar-refractivity contribution in [2.45, 2.75) is 12.3 Å². The Morgan fingerprint density at radius 1 is 0.921 bits per heavy atom. The van der Waals surface area contributed by atoms with Gasteiger partial charge in [-0.3, -0.25) is 19.4 Å². The number of halogens is 2. The molecule has 1 aliphatic rings. The first-order valence-corrected chi connectivity index (χ1v) is 11.6. The number of rotatable bonds is 6. The molecule has 0 unspecified atom stereocenters. The van der Waals surface area contributed by atoms with E-state index in [4.69, 9.17) is 32.7 Å². The molecule has 14 heteroatoms. The number of benzene rings is 2. The molecule has 0 fully saturated rings. The van der Waals surface area contributed by atoms with Gasteiger partial charge >= 0.3 is 11.9 Å². The Balaban J connectivity index is 1.66. The number of ether oxygens (including phenoxy) is 2. The number of aromatic amines is 1. The largest absolute Gasteiger partial charge is 0.465 e. The second-order valence-electron chi connectivity index (χ2n) is 8.04. The zero-order valence-corrected chi connectivity index (χ0v) is 21.3. The Bertz CT molecular complexity index is 1480. The van der Waals surface area contributed by atoms with Gasteiger partial charge in [0.15, 0.2) is 0 Å². The molecule has 0 bridgehead atoms. The first-order valence-electron chi connectivity index (χ1n) is 10.9. The summed E-state index contributed by atoms with van der Waals surface area (Å²) in [6, 6.07) is 8.43. The molecule has 2 amide bonds. The molecule has 4 N–H and O–H groups in total. The second kappa shape index (κ2) is 10.9. The van der Waals surface area contributed by atoms with E-state index in [0.29, 0.717) is 15.7 Å². The van der Waals surface area contributed by atoms with Crippen LogP contribution in [-0.4, -0.2) is 47.9 Å². The van der Waals surface area contributed by atoms with E-state index >= 15 is 0 Å². The topological polar surface area (TPSA) is 169 Å². The lowest BCUT2D eigenvalue weighted by atomic mass is 9.92. The van der Waals surface area contributed by atoms with Gasteiger partial charge in [0, 0.05) is 27.8 Å². The lowest BCUT2D eigenvalue weighted by molar-refractivity contribution is -0.123. The van der Waals surface area contributed by atoms with Crippen LogP contribution in [0.2, 0.25) is 10.0 Å². The summed E-state index contributed by atoms with van der Waals surface area (Å²) in [6.07, 6.45) is -0.346. The molecule has 0 spiro atoms. The lowest BCUT2D eigenvalue weighted by Gasteiger charge is -2.24. The average molecular weight is 560 g/mol. The number of nitrogens with zero attached hydrogens (tertiary/aromatic N) is 1. The zero-order chi connectivity index (χ0) is 27.6. The SMILES string of the molecule is COC(=O)c1cc(NC(=O)[C@@H]2CC(=O)Nc3nc(Nc4cc(Cl)cc(Cl)c4)[nH]c(=O)c32)cc(C(=O)OC)c1. The predicted molar refractivity (Wildman–Crippen MR) is 138 cm³/mol. The fraction of sp³-hybridized carbons (Fsp3) is 0.167. The Hall–Kier alpha value is -4.42. The number of fused-ring (bicyclic) bond motifs is 1. The highest BCUT2D eigenvalue weighted by Gasteiger charge is 2.35. The highest BCUT2D eigenvalue weighted by atomic mass is 35.5. The van der Waals surface area contributed by atoms with E-state index in [9.17, 15) is 24.0 Å². The molecule has 0 aliphatic carbocycles. The minimum Gasteiger partial charge on any atom is -0.465 e. The molecule has 1 aromatic heterocycles. The van der Waals surface area contributed by atoms with Gasteiger partial charge in [-0.25, -0.2) is 9.59 Å². The maximum Gasteiger partial charge on any atom is 0.337 e. The van der Waals surface area contributed by atoms with E-state index in [2.05, 4.69) is 25.9 Å². The van der Waals surface area contributed by atoms with Gasteiger partial charge in [-0.1, -0.05) is 23.2 Å². The first-order chi connectivity index (χ1) is 18.1. The second-order valence-corrected chi connectivity index (χ2v) is 8.91. The zero-order valence-electron chi connectivity index (χ0n) is 19.8. The number of anilines is 4. The highest BCUT2D eigenvalue weighted by Crippen LogP contribution is 2.31. The number of esters is 2. The van der Waals surface area contributed by atoms with Crippen molar-refractivity contribution in [2.24, 2.45) is 0 Å². The third kappa shape index (κ3) is 5.76. The van der Waals surface area contributed by atoms with Gasteiger partial charge in [-0.15, -0.1) is 0 Å². The number of carbonyl (C=O) groups excluding carboxylic acids is 4. The maximum atomic E-state index is 13.2. The van der Waals surface area contributed by atoms with Crippen LogP contribution in [0.3, 0.4) is 0 Å². The van der Waals surface area contributed by atoms with Crippen LogP contribution in [-0.2, 0) is 19.1 Å². The smallest absolute Gasteiger partial charge is 0.337 e. The Labute approximate surface area is 224 Å². The van der Waals surface area contributed by atoms with Crippen molar-refractivity contribution in [1.82, 2.24) is 9.97 Å². The molecule has 1 atom stereocenters. The van der Waals surface area contributed by atoms with E-state index in [1.165, 1.54) is 24.3 Å². The molecule has 2 heterocycles. The molecule has 2 aromatic carbocycles. The molecule has 196 valence electrons. The lowest BCUT2D eigenvalue weighted by Crippen LogP contribution is -2.36. The third-order valence-electron chi connectivity index (χ3n) is 5.44. The summed E-state index contributed by atoms with van der Waals surface area (Å²) in [5, 5.41) is 8.58. The summed E-state index contributed by atoms with van der Waals surface area (Å²) in [4.78, 5) is 69.5. The van der Waals surface area contributed by atoms with Crippen LogP contribution in [0.15, 0.2) is 41.2 Å². The van der Waals surface area contributed by atoms with Gasteiger partial charge < -0.3 is 25.4 Å². The minimum absolute atomic E-state index is 0.0242. The monoisotopic (exact) mass is 559 g/mol. The molecular formula is C24H19Cl2N5O7. The van der Waals surface area contributed by atoms with Crippen molar-refractivity contribution in [3.63, 3.8) is 0 Å². The van der Waals surface area contributed by atoms with Crippen molar-refractivity contribution in [2.75, 3.05) is 30.2 Å². The van der Waals surface area contributed by atoms with Crippen molar-refractivity contribution in [1.29, 1.82) is 0 Å². The number of nitrogens with one attached hydrogen (secondary N) is 4. The Morgan fingerprint density at radius 3 is 2.11 bits per heavy atom. The van der Waals surface area contributed by atoms with Gasteiger partial charge in [-0.2, -0.15) is 4.98 Å². The number of hydrogen-bond donors (Lipinski definition) is 4. The highest BCUT2D eigenvalue weighted by molar-refractivity contribution is 6.35. The summed E-state index contributed by atoms with van der Waals surface area (Å²) in [7, 11) is 2.32. The van der Waals surface area contributed by atoms with Gasteiger partial charge in [0.1, 0.15) is 5.82 Å². The summed E-state index contributed by atoms with van der Waals surface area (Å²) < 4.78 is 9.39. The standard InChI is InChI=1S/C24H19Cl2N5O7/c1-37-22(35)10-3-11(23(36)38-2)5-14(4-10)27-20(33)16-9-17(32)29-19-18(16)21(34)31-24(30-19)28-15-7-12(25)6-13(26)8-15/h3-8,16H,9H2,1-2H3,(H,27,33)(H3,28,29,30,31,32,34)/t16-/m1/s1. The molecule has 12 nitrogen and oxygen atoms in total. The number of carbonyl (C=O) groups is 4. The quantitative estimate of drug-likeness (QED) is 0.330. The van der Waals surface area contributed by atoms with Gasteiger partial charge in [0.05, 0.1) is 36.8 Å². The fourth-order valence-electron chi connectivity index (χ4n) is 3.82. The number of amides is 2. The Morgan fingerprint density at radius 2 is 1.53 bits per heavy atom. The maximum absolute atomic E-state index is 13.2. The average Bonchev–Trinajstić information content (AvgIpc) is 2.86. The first kappa shape index (κ1) is 26.6. The van der Waals surface area contributed by atoms with E-state index in [0.717, 1.165) is 14.2 Å². The van der Waals surface area contributed by atoms with Crippen molar-refractivity contribution < 1.29 is 28.7 Å². The van der Waals surface area contributed by atoms with Crippen LogP contribution in [0.5, 0.6) is 0 Å². The van der Waals surface area contributed by atoms with E-state index < -0.39 is 35.2 Å². The summed E-state index contributed by atoms with van der Waals surface area (Å²) in [5.41, 5.74) is -0.327. The van der Waals surface area contributed by atoms with Crippen LogP contribution in [0.25, 0.3) is 0 Å². The third-order valence-corrected chi connectivity index (χ3v) is 5.87. The molecule has 0 saturated heterocycles. The molecule has 0 saturated carbocycles. The van der Waals surface area contributed by atoms with Gasteiger partial charge in [-0.05, 0) is 36.4 Å². The van der Waals surface area contributed by atoms with Crippen molar-refractivity contribution >= 4 is 70.1 Å². The van der Waals surface area contributed by atoms with E-state index in [-0.39, 0.29) is 40.6 Å².